The standard InChI is InChI=1S/C32H28ClI2N3O4S/c1-5-41-31(40)27-18(2)36-32-38(28(27)20-10-12-22(13-11-20)37(3)4)30(39)26(43-32)16-19-14-24(34)29(25(35)15-19)42-17-21-8-6-7-9-23(21)33/h6-16,28H,5,17H2,1-4H3/b26-16+/t28-/m1/s1. The molecule has 5 rings (SSSR count). The Morgan fingerprint density at radius 2 is 1.79 bits per heavy atom. The van der Waals surface area contributed by atoms with Gasteiger partial charge >= 0.3 is 5.97 Å². The van der Waals surface area contributed by atoms with Gasteiger partial charge < -0.3 is 14.4 Å². The molecule has 0 N–H and O–H groups in total. The lowest BCUT2D eigenvalue weighted by Crippen LogP contribution is -2.39. The largest absolute Gasteiger partial charge is 0.487 e. The molecule has 1 aliphatic heterocycles. The summed E-state index contributed by atoms with van der Waals surface area (Å²) in [6.07, 6.45) is 1.86. The molecule has 0 amide bonds. The van der Waals surface area contributed by atoms with Crippen molar-refractivity contribution in [2.45, 2.75) is 26.5 Å². The van der Waals surface area contributed by atoms with Crippen LogP contribution in [-0.4, -0.2) is 31.2 Å². The number of hydrogen-bond donors (Lipinski definition) is 0. The van der Waals surface area contributed by atoms with Gasteiger partial charge in [-0.1, -0.05) is 53.3 Å². The topological polar surface area (TPSA) is 73.1 Å². The average molecular weight is 840 g/mol. The minimum absolute atomic E-state index is 0.219. The van der Waals surface area contributed by atoms with Crippen molar-refractivity contribution in [2.24, 2.45) is 4.99 Å². The van der Waals surface area contributed by atoms with E-state index < -0.39 is 12.0 Å². The summed E-state index contributed by atoms with van der Waals surface area (Å²) in [5.74, 6) is 0.284. The fraction of sp³-hybridized carbons (Fsp3) is 0.219. The highest BCUT2D eigenvalue weighted by Crippen LogP contribution is 2.33. The number of carbonyl (C=O) groups excluding carboxylic acids is 1. The average Bonchev–Trinajstić information content (AvgIpc) is 3.26. The van der Waals surface area contributed by atoms with Crippen LogP contribution in [0.3, 0.4) is 0 Å². The number of benzene rings is 3. The van der Waals surface area contributed by atoms with Crippen molar-refractivity contribution in [1.82, 2.24) is 4.57 Å². The molecule has 7 nitrogen and oxygen atoms in total. The van der Waals surface area contributed by atoms with E-state index in [1.807, 2.05) is 85.7 Å². The molecule has 0 radical (unpaired) electrons. The third-order valence-corrected chi connectivity index (χ3v) is 9.84. The number of ether oxygens (including phenoxy) is 2. The van der Waals surface area contributed by atoms with Crippen LogP contribution in [0.2, 0.25) is 5.02 Å². The van der Waals surface area contributed by atoms with E-state index in [1.165, 1.54) is 11.3 Å². The Morgan fingerprint density at radius 1 is 1.12 bits per heavy atom. The molecule has 222 valence electrons. The van der Waals surface area contributed by atoms with Gasteiger partial charge in [0.15, 0.2) is 4.80 Å². The SMILES string of the molecule is CCOC(=O)C1=C(C)N=c2s/c(=C/c3cc(I)c(OCc4ccccc4Cl)c(I)c3)c(=O)n2[C@@H]1c1ccc(N(C)C)cc1. The highest BCUT2D eigenvalue weighted by atomic mass is 127. The van der Waals surface area contributed by atoms with Crippen LogP contribution in [0.15, 0.2) is 81.7 Å². The van der Waals surface area contributed by atoms with E-state index in [1.54, 1.807) is 18.4 Å². The summed E-state index contributed by atoms with van der Waals surface area (Å²) in [6, 6.07) is 18.7. The molecule has 0 unspecified atom stereocenters. The monoisotopic (exact) mass is 839 g/mol. The number of rotatable bonds is 8. The van der Waals surface area contributed by atoms with Crippen LogP contribution in [0.25, 0.3) is 6.08 Å². The highest BCUT2D eigenvalue weighted by molar-refractivity contribution is 14.1. The lowest BCUT2D eigenvalue weighted by molar-refractivity contribution is -0.139. The van der Waals surface area contributed by atoms with E-state index in [0.29, 0.717) is 32.2 Å². The van der Waals surface area contributed by atoms with Crippen LogP contribution in [0.4, 0.5) is 5.69 Å². The molecule has 3 aromatic carbocycles. The summed E-state index contributed by atoms with van der Waals surface area (Å²) in [6.45, 7) is 4.12. The van der Waals surface area contributed by atoms with Crippen molar-refractivity contribution in [3.63, 3.8) is 0 Å². The Bertz CT molecular complexity index is 1890. The molecule has 0 bridgehead atoms. The molecular weight excluding hydrogens is 812 g/mol. The molecule has 0 fully saturated rings. The lowest BCUT2D eigenvalue weighted by Gasteiger charge is -2.25. The molecule has 0 spiro atoms. The number of hydrogen-bond acceptors (Lipinski definition) is 7. The number of allylic oxidation sites excluding steroid dienone is 1. The first-order valence-corrected chi connectivity index (χ1v) is 16.8. The molecule has 43 heavy (non-hydrogen) atoms. The highest BCUT2D eigenvalue weighted by Gasteiger charge is 2.33. The molecule has 1 aromatic heterocycles. The zero-order valence-corrected chi connectivity index (χ0v) is 29.7. The van der Waals surface area contributed by atoms with Gasteiger partial charge in [0.05, 0.1) is 35.6 Å². The summed E-state index contributed by atoms with van der Waals surface area (Å²) in [5, 5.41) is 0.660. The number of thiazole rings is 1. The predicted molar refractivity (Wildman–Crippen MR) is 189 cm³/mol. The van der Waals surface area contributed by atoms with E-state index in [0.717, 1.165) is 35.3 Å². The van der Waals surface area contributed by atoms with Gasteiger partial charge in [-0.25, -0.2) is 9.79 Å². The Balaban J connectivity index is 1.56. The molecule has 0 saturated carbocycles. The number of carbonyl (C=O) groups is 1. The van der Waals surface area contributed by atoms with Crippen LogP contribution in [0.5, 0.6) is 5.75 Å². The van der Waals surface area contributed by atoms with Crippen molar-refractivity contribution in [2.75, 3.05) is 25.6 Å². The quantitative estimate of drug-likeness (QED) is 0.154. The zero-order chi connectivity index (χ0) is 30.8. The van der Waals surface area contributed by atoms with Gasteiger partial charge in [-0.3, -0.25) is 9.36 Å². The second-order valence-corrected chi connectivity index (χ2v) is 13.7. The lowest BCUT2D eigenvalue weighted by atomic mass is 9.95. The second-order valence-electron chi connectivity index (χ2n) is 9.98. The summed E-state index contributed by atoms with van der Waals surface area (Å²) >= 11 is 12.1. The normalized spacial score (nSPS) is 14.8. The van der Waals surface area contributed by atoms with Gasteiger partial charge in [0.1, 0.15) is 12.4 Å². The molecule has 2 heterocycles. The maximum absolute atomic E-state index is 14.0. The van der Waals surface area contributed by atoms with Gasteiger partial charge in [0.25, 0.3) is 5.56 Å². The van der Waals surface area contributed by atoms with Gasteiger partial charge in [-0.05, 0) is 107 Å². The van der Waals surface area contributed by atoms with Gasteiger partial charge in [-0.15, -0.1) is 0 Å². The summed E-state index contributed by atoms with van der Waals surface area (Å²) in [4.78, 5) is 34.4. The number of fused-ring (bicyclic) bond motifs is 1. The molecule has 1 aliphatic rings. The number of nitrogens with zero attached hydrogens (tertiary/aromatic N) is 3. The van der Waals surface area contributed by atoms with Gasteiger partial charge in [0.2, 0.25) is 0 Å². The Morgan fingerprint density at radius 3 is 2.42 bits per heavy atom. The fourth-order valence-electron chi connectivity index (χ4n) is 4.78. The van der Waals surface area contributed by atoms with Crippen LogP contribution < -0.4 is 24.5 Å². The van der Waals surface area contributed by atoms with Crippen LogP contribution in [-0.2, 0) is 16.1 Å². The Kier molecular flexibility index (Phi) is 9.99. The third-order valence-electron chi connectivity index (χ3n) is 6.89. The maximum Gasteiger partial charge on any atom is 0.338 e. The number of anilines is 1. The molecule has 0 aliphatic carbocycles. The fourth-order valence-corrected chi connectivity index (χ4v) is 8.14. The minimum atomic E-state index is -0.658. The second kappa shape index (κ2) is 13.5. The van der Waals surface area contributed by atoms with Crippen LogP contribution >= 0.6 is 68.1 Å². The summed E-state index contributed by atoms with van der Waals surface area (Å²) in [7, 11) is 3.93. The van der Waals surface area contributed by atoms with E-state index in [2.05, 4.69) is 50.2 Å². The van der Waals surface area contributed by atoms with Crippen molar-refractivity contribution in [3.8, 4) is 5.75 Å². The molecule has 4 aromatic rings. The molecule has 1 atom stereocenters. The number of halogens is 3. The van der Waals surface area contributed by atoms with Crippen LogP contribution in [0.1, 0.15) is 36.6 Å². The maximum atomic E-state index is 14.0. The summed E-state index contributed by atoms with van der Waals surface area (Å²) in [5.41, 5.74) is 4.27. The zero-order valence-electron chi connectivity index (χ0n) is 23.9. The minimum Gasteiger partial charge on any atom is -0.487 e. The van der Waals surface area contributed by atoms with E-state index >= 15 is 0 Å². The third kappa shape index (κ3) is 6.71. The first-order valence-electron chi connectivity index (χ1n) is 13.4. The molecule has 11 heteroatoms. The molecule has 0 saturated heterocycles. The van der Waals surface area contributed by atoms with Crippen molar-refractivity contribution < 1.29 is 14.3 Å². The van der Waals surface area contributed by atoms with Crippen molar-refractivity contribution >= 4 is 85.9 Å². The number of esters is 1. The van der Waals surface area contributed by atoms with Crippen LogP contribution in [0, 0.1) is 7.14 Å². The van der Waals surface area contributed by atoms with E-state index in [4.69, 9.17) is 21.1 Å². The smallest absolute Gasteiger partial charge is 0.338 e. The van der Waals surface area contributed by atoms with E-state index in [-0.39, 0.29) is 12.2 Å². The molecular formula is C32H28ClI2N3O4S. The summed E-state index contributed by atoms with van der Waals surface area (Å²) < 4.78 is 15.5. The van der Waals surface area contributed by atoms with Crippen molar-refractivity contribution in [1.29, 1.82) is 0 Å². The first-order chi connectivity index (χ1) is 20.6. The number of aromatic nitrogens is 1. The predicted octanol–water partition coefficient (Wildman–Crippen LogP) is 6.31. The Hall–Kier alpha value is -2.68. The van der Waals surface area contributed by atoms with Crippen molar-refractivity contribution in [3.05, 3.63) is 120 Å². The van der Waals surface area contributed by atoms with E-state index in [9.17, 15) is 9.59 Å². The van der Waals surface area contributed by atoms with Gasteiger partial charge in [0, 0.05) is 30.4 Å². The Labute approximate surface area is 285 Å². The van der Waals surface area contributed by atoms with Gasteiger partial charge in [-0.2, -0.15) is 0 Å². The first kappa shape index (κ1) is 31.7.